The second-order valence-corrected chi connectivity index (χ2v) is 6.83. The van der Waals surface area contributed by atoms with Crippen molar-refractivity contribution in [2.24, 2.45) is 0 Å². The smallest absolute Gasteiger partial charge is 0.355 e. The van der Waals surface area contributed by atoms with Crippen molar-refractivity contribution in [2.75, 3.05) is 19.8 Å². The molecular formula is C18H20N2O5S. The van der Waals surface area contributed by atoms with Crippen LogP contribution in [0.3, 0.4) is 0 Å². The first-order chi connectivity index (χ1) is 12.6. The molecule has 2 N–H and O–H groups in total. The van der Waals surface area contributed by atoms with Crippen LogP contribution in [-0.4, -0.2) is 47.8 Å². The van der Waals surface area contributed by atoms with Crippen LogP contribution in [0.4, 0.5) is 0 Å². The molecule has 1 saturated heterocycles. The summed E-state index contributed by atoms with van der Waals surface area (Å²) in [6, 6.07) is 7.06. The fraction of sp³-hybridized carbons (Fsp3) is 0.389. The van der Waals surface area contributed by atoms with E-state index in [1.807, 2.05) is 0 Å². The number of aromatic nitrogens is 1. The van der Waals surface area contributed by atoms with E-state index in [9.17, 15) is 9.59 Å². The van der Waals surface area contributed by atoms with Gasteiger partial charge in [0.05, 0.1) is 18.2 Å². The molecule has 1 fully saturated rings. The third-order valence-electron chi connectivity index (χ3n) is 3.98. The summed E-state index contributed by atoms with van der Waals surface area (Å²) in [4.78, 5) is 27.0. The van der Waals surface area contributed by atoms with Gasteiger partial charge in [0.2, 0.25) is 0 Å². The number of carbonyl (C=O) groups excluding carboxylic acids is 1. The van der Waals surface area contributed by atoms with E-state index in [2.05, 4.69) is 10.3 Å². The number of ether oxygens (including phenoxy) is 2. The third kappa shape index (κ3) is 5.03. The first kappa shape index (κ1) is 18.3. The highest BCUT2D eigenvalue weighted by Crippen LogP contribution is 2.18. The molecule has 138 valence electrons. The van der Waals surface area contributed by atoms with Gasteiger partial charge in [-0.3, -0.25) is 4.79 Å². The van der Waals surface area contributed by atoms with Crippen molar-refractivity contribution in [3.05, 3.63) is 45.9 Å². The summed E-state index contributed by atoms with van der Waals surface area (Å²) >= 11 is 1.28. The number of benzene rings is 1. The molecule has 8 heteroatoms. The Morgan fingerprint density at radius 2 is 2.00 bits per heavy atom. The molecule has 0 saturated carbocycles. The van der Waals surface area contributed by atoms with Gasteiger partial charge in [0.1, 0.15) is 11.9 Å². The summed E-state index contributed by atoms with van der Waals surface area (Å²) < 4.78 is 11.2. The van der Waals surface area contributed by atoms with Crippen molar-refractivity contribution in [3.63, 3.8) is 0 Å². The predicted molar refractivity (Wildman–Crippen MR) is 96.0 cm³/mol. The first-order valence-corrected chi connectivity index (χ1v) is 9.30. The Morgan fingerprint density at radius 1 is 1.27 bits per heavy atom. The average Bonchev–Trinajstić information content (AvgIpc) is 3.12. The second kappa shape index (κ2) is 8.77. The Morgan fingerprint density at radius 3 is 2.65 bits per heavy atom. The highest BCUT2D eigenvalue weighted by molar-refractivity contribution is 7.09. The molecule has 3 rings (SSSR count). The molecule has 0 atom stereocenters. The summed E-state index contributed by atoms with van der Waals surface area (Å²) in [5.41, 5.74) is 0.589. The molecule has 1 aliphatic rings. The van der Waals surface area contributed by atoms with Gasteiger partial charge in [0.25, 0.3) is 5.91 Å². The van der Waals surface area contributed by atoms with E-state index in [1.54, 1.807) is 24.3 Å². The zero-order valence-corrected chi connectivity index (χ0v) is 15.0. The minimum atomic E-state index is -1.04. The topological polar surface area (TPSA) is 97.8 Å². The predicted octanol–water partition coefficient (Wildman–Crippen LogP) is 2.37. The number of nitrogens with zero attached hydrogens (tertiary/aromatic N) is 1. The molecule has 0 radical (unpaired) electrons. The average molecular weight is 376 g/mol. The third-order valence-corrected chi connectivity index (χ3v) is 4.89. The van der Waals surface area contributed by atoms with Gasteiger partial charge in [-0.05, 0) is 24.3 Å². The lowest BCUT2D eigenvalue weighted by Crippen LogP contribution is -2.26. The minimum Gasteiger partial charge on any atom is -0.490 e. The zero-order chi connectivity index (χ0) is 18.4. The van der Waals surface area contributed by atoms with Crippen LogP contribution >= 0.6 is 11.3 Å². The van der Waals surface area contributed by atoms with Gasteiger partial charge in [-0.2, -0.15) is 0 Å². The molecule has 0 unspecified atom stereocenters. The Balaban J connectivity index is 1.45. The zero-order valence-electron chi connectivity index (χ0n) is 14.1. The maximum absolute atomic E-state index is 12.2. The number of thiazole rings is 1. The summed E-state index contributed by atoms with van der Waals surface area (Å²) in [5.74, 6) is -0.477. The van der Waals surface area contributed by atoms with E-state index < -0.39 is 5.97 Å². The lowest BCUT2D eigenvalue weighted by molar-refractivity contribution is 0.0255. The molecule has 1 aromatic carbocycles. The molecular weight excluding hydrogens is 356 g/mol. The lowest BCUT2D eigenvalue weighted by Gasteiger charge is -2.23. The van der Waals surface area contributed by atoms with Crippen LogP contribution in [0.2, 0.25) is 0 Å². The van der Waals surface area contributed by atoms with E-state index in [4.69, 9.17) is 14.6 Å². The van der Waals surface area contributed by atoms with Crippen LogP contribution in [0.25, 0.3) is 0 Å². The summed E-state index contributed by atoms with van der Waals surface area (Å²) in [6.45, 7) is 1.84. The summed E-state index contributed by atoms with van der Waals surface area (Å²) in [5, 5.41) is 13.8. The van der Waals surface area contributed by atoms with Gasteiger partial charge in [0, 0.05) is 36.8 Å². The SMILES string of the molecule is O=C(NCCc1nc(C(=O)O)cs1)c1ccc(OC2CCOCC2)cc1. The summed E-state index contributed by atoms with van der Waals surface area (Å²) in [7, 11) is 0. The number of carboxylic acid groups (broad SMARTS) is 1. The Labute approximate surface area is 155 Å². The van der Waals surface area contributed by atoms with Crippen molar-refractivity contribution in [2.45, 2.75) is 25.4 Å². The van der Waals surface area contributed by atoms with E-state index in [-0.39, 0.29) is 17.7 Å². The van der Waals surface area contributed by atoms with Crippen molar-refractivity contribution in [3.8, 4) is 5.75 Å². The summed E-state index contributed by atoms with van der Waals surface area (Å²) in [6.07, 6.45) is 2.41. The Bertz CT molecular complexity index is 753. The highest BCUT2D eigenvalue weighted by atomic mass is 32.1. The monoisotopic (exact) mass is 376 g/mol. The van der Waals surface area contributed by atoms with Crippen molar-refractivity contribution < 1.29 is 24.2 Å². The fourth-order valence-corrected chi connectivity index (χ4v) is 3.35. The van der Waals surface area contributed by atoms with Crippen molar-refractivity contribution in [1.29, 1.82) is 0 Å². The Kier molecular flexibility index (Phi) is 6.19. The minimum absolute atomic E-state index is 0.0384. The maximum atomic E-state index is 12.2. The molecule has 0 bridgehead atoms. The number of nitrogens with one attached hydrogen (secondary N) is 1. The van der Waals surface area contributed by atoms with Crippen LogP contribution in [-0.2, 0) is 11.2 Å². The van der Waals surface area contributed by atoms with Crippen LogP contribution < -0.4 is 10.1 Å². The van der Waals surface area contributed by atoms with Gasteiger partial charge in [-0.25, -0.2) is 9.78 Å². The molecule has 1 amide bonds. The van der Waals surface area contributed by atoms with E-state index in [0.717, 1.165) is 31.8 Å². The molecule has 1 aliphatic heterocycles. The van der Waals surface area contributed by atoms with Crippen LogP contribution in [0.1, 0.15) is 38.7 Å². The van der Waals surface area contributed by atoms with Gasteiger partial charge in [0.15, 0.2) is 5.69 Å². The number of hydrogen-bond donors (Lipinski definition) is 2. The van der Waals surface area contributed by atoms with Gasteiger partial charge < -0.3 is 19.9 Å². The lowest BCUT2D eigenvalue weighted by atomic mass is 10.1. The number of carboxylic acids is 1. The molecule has 0 aliphatic carbocycles. The van der Waals surface area contributed by atoms with Crippen LogP contribution in [0, 0.1) is 0 Å². The van der Waals surface area contributed by atoms with Gasteiger partial charge >= 0.3 is 5.97 Å². The molecule has 1 aromatic heterocycles. The largest absolute Gasteiger partial charge is 0.490 e. The number of carbonyl (C=O) groups is 2. The van der Waals surface area contributed by atoms with Gasteiger partial charge in [-0.15, -0.1) is 11.3 Å². The number of rotatable bonds is 7. The highest BCUT2D eigenvalue weighted by Gasteiger charge is 2.15. The van der Waals surface area contributed by atoms with Crippen molar-refractivity contribution in [1.82, 2.24) is 10.3 Å². The molecule has 26 heavy (non-hydrogen) atoms. The fourth-order valence-electron chi connectivity index (χ4n) is 2.58. The van der Waals surface area contributed by atoms with E-state index in [1.165, 1.54) is 16.7 Å². The van der Waals surface area contributed by atoms with E-state index in [0.29, 0.717) is 23.5 Å². The van der Waals surface area contributed by atoms with Gasteiger partial charge in [-0.1, -0.05) is 0 Å². The van der Waals surface area contributed by atoms with Crippen LogP contribution in [0.15, 0.2) is 29.6 Å². The first-order valence-electron chi connectivity index (χ1n) is 8.42. The molecule has 2 heterocycles. The second-order valence-electron chi connectivity index (χ2n) is 5.89. The maximum Gasteiger partial charge on any atom is 0.355 e. The van der Waals surface area contributed by atoms with E-state index >= 15 is 0 Å². The number of amides is 1. The Hall–Kier alpha value is -2.45. The normalized spacial score (nSPS) is 14.8. The standard InChI is InChI=1S/C18H20N2O5S/c21-17(19-8-5-16-20-15(11-26-16)18(22)23)12-1-3-13(4-2-12)25-14-6-9-24-10-7-14/h1-4,11,14H,5-10H2,(H,19,21)(H,22,23). The number of aromatic carboxylic acids is 1. The molecule has 0 spiro atoms. The molecule has 7 nitrogen and oxygen atoms in total. The van der Waals surface area contributed by atoms with Crippen molar-refractivity contribution >= 4 is 23.2 Å². The quantitative estimate of drug-likeness (QED) is 0.770. The molecule has 2 aromatic rings. The van der Waals surface area contributed by atoms with Crippen LogP contribution in [0.5, 0.6) is 5.75 Å². The number of hydrogen-bond acceptors (Lipinski definition) is 6.